The lowest BCUT2D eigenvalue weighted by molar-refractivity contribution is -0.124. The van der Waals surface area contributed by atoms with Gasteiger partial charge in [0.05, 0.1) is 11.4 Å². The molecule has 1 aliphatic rings. The van der Waals surface area contributed by atoms with Gasteiger partial charge < -0.3 is 15.5 Å². The van der Waals surface area contributed by atoms with E-state index in [0.29, 0.717) is 5.57 Å². The van der Waals surface area contributed by atoms with Gasteiger partial charge in [0.1, 0.15) is 5.82 Å². The Balaban J connectivity index is 0.000000380. The molecule has 2 rings (SSSR count). The van der Waals surface area contributed by atoms with Gasteiger partial charge in [-0.3, -0.25) is 4.79 Å². The molecule has 0 unspecified atom stereocenters. The number of carbonyl (C=O) groups is 1. The average Bonchev–Trinajstić information content (AvgIpc) is 2.88. The maximum atomic E-state index is 11.2. The summed E-state index contributed by atoms with van der Waals surface area (Å²) < 4.78 is 0. The fourth-order valence-corrected chi connectivity index (χ4v) is 1.75. The smallest absolute Gasteiger partial charge is 0.252 e. The lowest BCUT2D eigenvalue weighted by Gasteiger charge is -2.09. The van der Waals surface area contributed by atoms with Crippen LogP contribution in [0.5, 0.6) is 0 Å². The van der Waals surface area contributed by atoms with Crippen molar-refractivity contribution in [1.29, 1.82) is 0 Å². The number of carbonyl (C=O) groups excluding carboxylic acids is 1. The minimum atomic E-state index is -0.0359. The van der Waals surface area contributed by atoms with Crippen LogP contribution in [0.25, 0.3) is 0 Å². The first kappa shape index (κ1) is 20.5. The van der Waals surface area contributed by atoms with Crippen LogP contribution in [0.3, 0.4) is 0 Å². The Bertz CT molecular complexity index is 555. The maximum Gasteiger partial charge on any atom is 0.252 e. The Hall–Kier alpha value is -2.49. The van der Waals surface area contributed by atoms with Crippen LogP contribution in [0.1, 0.15) is 27.7 Å². The number of rotatable bonds is 2. The molecule has 0 atom stereocenters. The zero-order valence-electron chi connectivity index (χ0n) is 15.2. The van der Waals surface area contributed by atoms with Crippen LogP contribution in [0.15, 0.2) is 60.5 Å². The number of allylic oxidation sites excluding steroid dienone is 1. The van der Waals surface area contributed by atoms with E-state index < -0.39 is 0 Å². The molecule has 0 saturated carbocycles. The number of nitrogens with zero attached hydrogens (tertiary/aromatic N) is 1. The second-order valence-corrected chi connectivity index (χ2v) is 5.22. The molecule has 0 spiro atoms. The summed E-state index contributed by atoms with van der Waals surface area (Å²) in [5.74, 6) is 0.812. The molecule has 0 radical (unpaired) electrons. The first-order valence-corrected chi connectivity index (χ1v) is 7.68. The Morgan fingerprint density at radius 3 is 1.87 bits per heavy atom. The second kappa shape index (κ2) is 10.3. The summed E-state index contributed by atoms with van der Waals surface area (Å²) in [5.41, 5.74) is 3.83. The molecule has 1 amide bonds. The van der Waals surface area contributed by atoms with E-state index in [9.17, 15) is 4.79 Å². The molecule has 0 saturated heterocycles. The van der Waals surface area contributed by atoms with E-state index in [1.54, 1.807) is 20.2 Å². The standard InChI is InChI=1S/C9H15NO.C8H8N2.C2H6/c1-7(2)6-8(3)9(11)10(4)5;1-6-9-7-4-2-3-5-8(7)10-6;1-2/h6H,3H2,1-2,4-5H3;2-5,9-10H,1H2;1-2H3. The highest BCUT2D eigenvalue weighted by molar-refractivity contribution is 5.95. The number of amides is 1. The fraction of sp³-hybridized carbons (Fsp3) is 0.316. The molecule has 1 aromatic rings. The third kappa shape index (κ3) is 7.36. The summed E-state index contributed by atoms with van der Waals surface area (Å²) in [6.45, 7) is 15.3. The van der Waals surface area contributed by atoms with E-state index in [1.807, 2.05) is 52.0 Å². The molecule has 126 valence electrons. The second-order valence-electron chi connectivity index (χ2n) is 5.22. The first-order valence-electron chi connectivity index (χ1n) is 7.68. The molecule has 1 aliphatic heterocycles. The van der Waals surface area contributed by atoms with E-state index in [4.69, 9.17) is 0 Å². The van der Waals surface area contributed by atoms with Gasteiger partial charge in [0.25, 0.3) is 5.91 Å². The summed E-state index contributed by atoms with van der Waals surface area (Å²) in [5, 5.41) is 6.18. The molecule has 0 bridgehead atoms. The van der Waals surface area contributed by atoms with E-state index in [1.165, 1.54) is 4.90 Å². The third-order valence-corrected chi connectivity index (χ3v) is 2.64. The number of anilines is 2. The molecular weight excluding hydrogens is 286 g/mol. The number of para-hydroxylation sites is 2. The number of benzene rings is 1. The van der Waals surface area contributed by atoms with Gasteiger partial charge >= 0.3 is 0 Å². The van der Waals surface area contributed by atoms with Gasteiger partial charge in [0, 0.05) is 19.7 Å². The zero-order chi connectivity index (χ0) is 18.0. The van der Waals surface area contributed by atoms with Crippen LogP contribution < -0.4 is 10.6 Å². The summed E-state index contributed by atoms with van der Waals surface area (Å²) in [4.78, 5) is 12.7. The van der Waals surface area contributed by atoms with Crippen molar-refractivity contribution in [2.45, 2.75) is 27.7 Å². The molecule has 0 fully saturated rings. The molecule has 4 nitrogen and oxygen atoms in total. The van der Waals surface area contributed by atoms with E-state index >= 15 is 0 Å². The largest absolute Gasteiger partial charge is 0.345 e. The monoisotopic (exact) mass is 315 g/mol. The van der Waals surface area contributed by atoms with Gasteiger partial charge in [0.2, 0.25) is 0 Å². The highest BCUT2D eigenvalue weighted by Crippen LogP contribution is 2.28. The van der Waals surface area contributed by atoms with Crippen LogP contribution in [-0.2, 0) is 4.79 Å². The van der Waals surface area contributed by atoms with E-state index in [0.717, 1.165) is 22.8 Å². The topological polar surface area (TPSA) is 44.4 Å². The normalized spacial score (nSPS) is 10.4. The van der Waals surface area contributed by atoms with Crippen molar-refractivity contribution in [3.63, 3.8) is 0 Å². The van der Waals surface area contributed by atoms with Gasteiger partial charge in [-0.15, -0.1) is 0 Å². The number of nitrogens with one attached hydrogen (secondary N) is 2. The van der Waals surface area contributed by atoms with Crippen molar-refractivity contribution in [2.75, 3.05) is 24.7 Å². The zero-order valence-corrected chi connectivity index (χ0v) is 15.2. The minimum Gasteiger partial charge on any atom is -0.345 e. The van der Waals surface area contributed by atoms with Crippen molar-refractivity contribution < 1.29 is 4.79 Å². The van der Waals surface area contributed by atoms with Gasteiger partial charge in [-0.05, 0) is 26.0 Å². The Labute approximate surface area is 140 Å². The summed E-state index contributed by atoms with van der Waals surface area (Å²) in [6.07, 6.45) is 1.78. The van der Waals surface area contributed by atoms with E-state index in [-0.39, 0.29) is 5.91 Å². The van der Waals surface area contributed by atoms with Crippen LogP contribution >= 0.6 is 0 Å². The molecule has 1 aromatic carbocycles. The Kier molecular flexibility index (Phi) is 9.16. The summed E-state index contributed by atoms with van der Waals surface area (Å²) >= 11 is 0. The van der Waals surface area contributed by atoms with Crippen molar-refractivity contribution in [3.05, 3.63) is 60.5 Å². The van der Waals surface area contributed by atoms with Crippen molar-refractivity contribution in [1.82, 2.24) is 4.90 Å². The number of fused-ring (bicyclic) bond motifs is 1. The van der Waals surface area contributed by atoms with Crippen molar-refractivity contribution >= 4 is 17.3 Å². The van der Waals surface area contributed by atoms with Gasteiger partial charge in [-0.2, -0.15) is 0 Å². The molecule has 23 heavy (non-hydrogen) atoms. The van der Waals surface area contributed by atoms with Crippen molar-refractivity contribution in [3.8, 4) is 0 Å². The fourth-order valence-electron chi connectivity index (χ4n) is 1.75. The minimum absolute atomic E-state index is 0.0359. The first-order chi connectivity index (χ1) is 10.8. The Morgan fingerprint density at radius 1 is 1.09 bits per heavy atom. The lowest BCUT2D eigenvalue weighted by atomic mass is 10.2. The van der Waals surface area contributed by atoms with Crippen LogP contribution in [-0.4, -0.2) is 24.9 Å². The molecule has 1 heterocycles. The molecule has 0 aliphatic carbocycles. The summed E-state index contributed by atoms with van der Waals surface area (Å²) in [6, 6.07) is 8.01. The Morgan fingerprint density at radius 2 is 1.52 bits per heavy atom. The van der Waals surface area contributed by atoms with Gasteiger partial charge in [-0.1, -0.05) is 50.8 Å². The number of hydrogen-bond donors (Lipinski definition) is 2. The predicted molar refractivity (Wildman–Crippen MR) is 101 cm³/mol. The van der Waals surface area contributed by atoms with Crippen molar-refractivity contribution in [2.24, 2.45) is 0 Å². The average molecular weight is 315 g/mol. The maximum absolute atomic E-state index is 11.2. The van der Waals surface area contributed by atoms with Crippen LogP contribution in [0.4, 0.5) is 11.4 Å². The lowest BCUT2D eigenvalue weighted by Crippen LogP contribution is -2.22. The SMILES string of the molecule is C=C(C=C(C)C)C(=O)N(C)C.C=C1Nc2ccccc2N1.CC. The number of likely N-dealkylation sites (N-methyl/N-ethyl adjacent to an activating group) is 1. The third-order valence-electron chi connectivity index (χ3n) is 2.64. The number of hydrogen-bond acceptors (Lipinski definition) is 3. The predicted octanol–water partition coefficient (Wildman–Crippen LogP) is 4.62. The molecule has 0 aromatic heterocycles. The molecule has 2 N–H and O–H groups in total. The van der Waals surface area contributed by atoms with Crippen LogP contribution in [0, 0.1) is 0 Å². The highest BCUT2D eigenvalue weighted by Gasteiger charge is 2.09. The van der Waals surface area contributed by atoms with Gasteiger partial charge in [0.15, 0.2) is 0 Å². The van der Waals surface area contributed by atoms with Gasteiger partial charge in [-0.25, -0.2) is 0 Å². The van der Waals surface area contributed by atoms with Crippen LogP contribution in [0.2, 0.25) is 0 Å². The molecule has 4 heteroatoms. The highest BCUT2D eigenvalue weighted by atomic mass is 16.2. The quantitative estimate of drug-likeness (QED) is 0.618. The van der Waals surface area contributed by atoms with E-state index in [2.05, 4.69) is 23.8 Å². The summed E-state index contributed by atoms with van der Waals surface area (Å²) in [7, 11) is 3.43. The molecular formula is C19H29N3O.